The molecule has 1 heterocycles. The Kier molecular flexibility index (Phi) is 4.67. The lowest BCUT2D eigenvalue weighted by Gasteiger charge is -2.30. The Bertz CT molecular complexity index is 880. The Morgan fingerprint density at radius 1 is 1.16 bits per heavy atom. The van der Waals surface area contributed by atoms with Gasteiger partial charge in [0.1, 0.15) is 5.82 Å². The third kappa shape index (κ3) is 3.46. The minimum Gasteiger partial charge on any atom is -0.301 e. The number of anilines is 1. The molecule has 0 bridgehead atoms. The molecule has 1 aliphatic rings. The fraction of sp³-hybridized carbons (Fsp3) is 0.111. The molecule has 0 aromatic heterocycles. The zero-order valence-electron chi connectivity index (χ0n) is 13.3. The molecule has 1 atom stereocenters. The van der Waals surface area contributed by atoms with E-state index in [1.165, 1.54) is 23.1 Å². The van der Waals surface area contributed by atoms with Gasteiger partial charge in [-0.25, -0.2) is 4.39 Å². The highest BCUT2D eigenvalue weighted by atomic mass is 32.1. The fourth-order valence-electron chi connectivity index (χ4n) is 2.37. The van der Waals surface area contributed by atoms with Gasteiger partial charge in [-0.2, -0.15) is 0 Å². The summed E-state index contributed by atoms with van der Waals surface area (Å²) in [6, 6.07) is 13.0. The molecule has 0 unspecified atom stereocenters. The monoisotopic (exact) mass is 355 g/mol. The van der Waals surface area contributed by atoms with Crippen LogP contribution in [-0.4, -0.2) is 23.1 Å². The number of nitrogens with zero attached hydrogens (tertiary/aromatic N) is 2. The summed E-state index contributed by atoms with van der Waals surface area (Å²) in [5.74, 6) is -2.84. The van der Waals surface area contributed by atoms with Crippen LogP contribution >= 0.6 is 12.2 Å². The van der Waals surface area contributed by atoms with E-state index in [0.29, 0.717) is 5.69 Å². The highest BCUT2D eigenvalue weighted by Gasteiger charge is 2.38. The number of hydrogen-bond donors (Lipinski definition) is 1. The fourth-order valence-corrected chi connectivity index (χ4v) is 2.67. The first-order valence-electron chi connectivity index (χ1n) is 7.51. The van der Waals surface area contributed by atoms with Crippen molar-refractivity contribution in [3.05, 3.63) is 59.9 Å². The number of benzene rings is 2. The van der Waals surface area contributed by atoms with Gasteiger partial charge in [0.15, 0.2) is 11.0 Å². The van der Waals surface area contributed by atoms with E-state index in [9.17, 15) is 14.0 Å². The molecule has 1 saturated heterocycles. The molecule has 2 aromatic rings. The Morgan fingerprint density at radius 2 is 1.84 bits per heavy atom. The summed E-state index contributed by atoms with van der Waals surface area (Å²) < 4.78 is 13.6. The lowest BCUT2D eigenvalue weighted by molar-refractivity contribution is -0.130. The summed E-state index contributed by atoms with van der Waals surface area (Å²) in [7, 11) is 0. The van der Waals surface area contributed by atoms with Crippen LogP contribution in [0.25, 0.3) is 0 Å². The maximum Gasteiger partial charge on any atom is 0.251 e. The van der Waals surface area contributed by atoms with E-state index in [0.717, 1.165) is 11.8 Å². The van der Waals surface area contributed by atoms with E-state index in [1.807, 2.05) is 19.1 Å². The third-order valence-electron chi connectivity index (χ3n) is 3.71. The number of aryl methyl sites for hydroxylation is 1. The van der Waals surface area contributed by atoms with Crippen LogP contribution < -0.4 is 10.2 Å². The van der Waals surface area contributed by atoms with E-state index in [-0.39, 0.29) is 10.8 Å². The number of carbonyl (C=O) groups is 2. The quantitative estimate of drug-likeness (QED) is 0.523. The topological polar surface area (TPSA) is 61.8 Å². The molecule has 126 valence electrons. The summed E-state index contributed by atoms with van der Waals surface area (Å²) in [5, 5.41) is 2.50. The molecule has 0 radical (unpaired) electrons. The number of nitrogens with one attached hydrogen (secondary N) is 1. The lowest BCUT2D eigenvalue weighted by Crippen LogP contribution is -2.58. The maximum atomic E-state index is 13.6. The molecule has 1 aliphatic heterocycles. The minimum atomic E-state index is -1.19. The summed E-state index contributed by atoms with van der Waals surface area (Å²) >= 11 is 5.12. The first-order chi connectivity index (χ1) is 12.0. The largest absolute Gasteiger partial charge is 0.301 e. The second kappa shape index (κ2) is 6.90. The van der Waals surface area contributed by atoms with Crippen LogP contribution in [0.15, 0.2) is 53.5 Å². The molecule has 1 fully saturated rings. The summed E-state index contributed by atoms with van der Waals surface area (Å²) in [6.07, 6.45) is 1.14. The van der Waals surface area contributed by atoms with E-state index >= 15 is 0 Å². The van der Waals surface area contributed by atoms with Gasteiger partial charge in [0, 0.05) is 6.21 Å². The summed E-state index contributed by atoms with van der Waals surface area (Å²) in [6.45, 7) is 1.92. The third-order valence-corrected chi connectivity index (χ3v) is 3.99. The molecule has 0 aliphatic carbocycles. The Morgan fingerprint density at radius 3 is 2.52 bits per heavy atom. The molecular weight excluding hydrogens is 341 g/mol. The molecule has 5 nitrogen and oxygen atoms in total. The van der Waals surface area contributed by atoms with Gasteiger partial charge < -0.3 is 5.32 Å². The van der Waals surface area contributed by atoms with Gasteiger partial charge in [0.05, 0.1) is 11.4 Å². The zero-order chi connectivity index (χ0) is 18.0. The predicted molar refractivity (Wildman–Crippen MR) is 97.4 cm³/mol. The number of rotatable bonds is 3. The molecule has 7 heteroatoms. The van der Waals surface area contributed by atoms with Crippen molar-refractivity contribution in [3.63, 3.8) is 0 Å². The van der Waals surface area contributed by atoms with Crippen LogP contribution in [0.3, 0.4) is 0 Å². The highest BCUT2D eigenvalue weighted by molar-refractivity contribution is 7.80. The van der Waals surface area contributed by atoms with Crippen LogP contribution in [0.4, 0.5) is 15.8 Å². The van der Waals surface area contributed by atoms with Gasteiger partial charge in [-0.3, -0.25) is 19.5 Å². The maximum absolute atomic E-state index is 13.6. The first-order valence-corrected chi connectivity index (χ1v) is 7.92. The van der Waals surface area contributed by atoms with Crippen molar-refractivity contribution in [1.29, 1.82) is 0 Å². The van der Waals surface area contributed by atoms with Crippen LogP contribution in [0.1, 0.15) is 5.56 Å². The Hall–Kier alpha value is -2.93. The number of amides is 2. The van der Waals surface area contributed by atoms with E-state index < -0.39 is 23.5 Å². The van der Waals surface area contributed by atoms with Crippen molar-refractivity contribution in [2.75, 3.05) is 4.90 Å². The Labute approximate surface area is 149 Å². The zero-order valence-corrected chi connectivity index (χ0v) is 14.1. The van der Waals surface area contributed by atoms with Gasteiger partial charge in [0.2, 0.25) is 5.91 Å². The molecule has 3 rings (SSSR count). The van der Waals surface area contributed by atoms with Crippen LogP contribution in [-0.2, 0) is 9.59 Å². The molecule has 0 saturated carbocycles. The molecule has 2 amide bonds. The molecule has 25 heavy (non-hydrogen) atoms. The normalized spacial score (nSPS) is 17.9. The number of aliphatic imine (C=N–C) groups is 1. The molecule has 2 aromatic carbocycles. The van der Waals surface area contributed by atoms with Crippen LogP contribution in [0.2, 0.25) is 0 Å². The van der Waals surface area contributed by atoms with Crippen molar-refractivity contribution in [1.82, 2.24) is 5.32 Å². The molecular formula is C18H14FN3O2S. The van der Waals surface area contributed by atoms with Crippen LogP contribution in [0, 0.1) is 18.7 Å². The lowest BCUT2D eigenvalue weighted by atomic mass is 10.1. The van der Waals surface area contributed by atoms with Gasteiger partial charge in [-0.05, 0) is 43.4 Å². The summed E-state index contributed by atoms with van der Waals surface area (Å²) in [4.78, 5) is 30.0. The van der Waals surface area contributed by atoms with E-state index in [4.69, 9.17) is 12.2 Å². The van der Waals surface area contributed by atoms with E-state index in [2.05, 4.69) is 10.3 Å². The van der Waals surface area contributed by atoms with Gasteiger partial charge >= 0.3 is 0 Å². The number of hydrogen-bond acceptors (Lipinski definition) is 4. The Balaban J connectivity index is 1.90. The number of para-hydroxylation sites is 1. The second-order valence-electron chi connectivity index (χ2n) is 5.51. The number of halogens is 1. The van der Waals surface area contributed by atoms with E-state index in [1.54, 1.807) is 18.2 Å². The first kappa shape index (κ1) is 16.9. The van der Waals surface area contributed by atoms with Gasteiger partial charge in [0.25, 0.3) is 5.91 Å². The van der Waals surface area contributed by atoms with Gasteiger partial charge in [-0.15, -0.1) is 0 Å². The molecule has 1 N–H and O–H groups in total. The average molecular weight is 355 g/mol. The van der Waals surface area contributed by atoms with Gasteiger partial charge in [-0.1, -0.05) is 29.8 Å². The standard InChI is InChI=1S/C18H14FN3O2S/c1-11-6-8-12(9-7-11)22-17(24)13(16(23)21-18(22)25)10-20-15-5-3-2-4-14(15)19/h2-10,13H,1H3,(H,21,23,25)/t13-/m1/s1. The summed E-state index contributed by atoms with van der Waals surface area (Å²) in [5.41, 5.74) is 1.63. The number of carbonyl (C=O) groups excluding carboxylic acids is 2. The van der Waals surface area contributed by atoms with Crippen LogP contribution in [0.5, 0.6) is 0 Å². The van der Waals surface area contributed by atoms with Crippen molar-refractivity contribution < 1.29 is 14.0 Å². The second-order valence-corrected chi connectivity index (χ2v) is 5.90. The van der Waals surface area contributed by atoms with Crippen molar-refractivity contribution in [3.8, 4) is 0 Å². The van der Waals surface area contributed by atoms with Crippen molar-refractivity contribution >= 4 is 46.7 Å². The molecule has 0 spiro atoms. The highest BCUT2D eigenvalue weighted by Crippen LogP contribution is 2.22. The van der Waals surface area contributed by atoms with Crippen molar-refractivity contribution in [2.45, 2.75) is 6.92 Å². The smallest absolute Gasteiger partial charge is 0.251 e. The SMILES string of the molecule is Cc1ccc(N2C(=O)[C@H](C=Nc3ccccc3F)C(=O)NC2=S)cc1. The average Bonchev–Trinajstić information content (AvgIpc) is 2.57. The van der Waals surface area contributed by atoms with Crippen molar-refractivity contribution in [2.24, 2.45) is 10.9 Å². The predicted octanol–water partition coefficient (Wildman–Crippen LogP) is 2.90. The minimum absolute atomic E-state index is 0.00870. The number of thiocarbonyl (C=S) groups is 1.